The molecule has 5 nitrogen and oxygen atoms in total. The van der Waals surface area contributed by atoms with Gasteiger partial charge in [0.2, 0.25) is 0 Å². The zero-order chi connectivity index (χ0) is 14.1. The van der Waals surface area contributed by atoms with Crippen LogP contribution in [-0.4, -0.2) is 49.7 Å². The summed E-state index contributed by atoms with van der Waals surface area (Å²) in [4.78, 5) is 25.2. The average molecular weight is 271 g/mol. The molecule has 1 rings (SSSR count). The SMILES string of the molecule is CCCCOC(=O)C1CCN(CC(=O)OCC)CC1. The van der Waals surface area contributed by atoms with Gasteiger partial charge in [-0.25, -0.2) is 0 Å². The first-order chi connectivity index (χ1) is 9.17. The molecule has 1 aliphatic rings. The van der Waals surface area contributed by atoms with Crippen LogP contribution in [0.5, 0.6) is 0 Å². The number of piperidine rings is 1. The number of nitrogens with zero attached hydrogens (tertiary/aromatic N) is 1. The number of esters is 2. The normalized spacial score (nSPS) is 17.2. The van der Waals surface area contributed by atoms with Crippen LogP contribution in [0.4, 0.5) is 0 Å². The Bertz CT molecular complexity index is 285. The second-order valence-electron chi connectivity index (χ2n) is 4.88. The van der Waals surface area contributed by atoms with E-state index in [2.05, 4.69) is 6.92 Å². The van der Waals surface area contributed by atoms with Gasteiger partial charge >= 0.3 is 11.9 Å². The first-order valence-corrected chi connectivity index (χ1v) is 7.22. The number of likely N-dealkylation sites (tertiary alicyclic amines) is 1. The van der Waals surface area contributed by atoms with Crippen LogP contribution in [0.25, 0.3) is 0 Å². The number of carbonyl (C=O) groups is 2. The van der Waals surface area contributed by atoms with Gasteiger partial charge in [0.1, 0.15) is 0 Å². The minimum atomic E-state index is -0.188. The van der Waals surface area contributed by atoms with Crippen molar-refractivity contribution < 1.29 is 19.1 Å². The van der Waals surface area contributed by atoms with Crippen LogP contribution in [0.15, 0.2) is 0 Å². The number of ether oxygens (including phenoxy) is 2. The van der Waals surface area contributed by atoms with Crippen molar-refractivity contribution in [3.8, 4) is 0 Å². The Kier molecular flexibility index (Phi) is 7.48. The predicted molar refractivity (Wildman–Crippen MR) is 71.7 cm³/mol. The van der Waals surface area contributed by atoms with E-state index in [1.54, 1.807) is 6.92 Å². The van der Waals surface area contributed by atoms with Crippen molar-refractivity contribution in [2.75, 3.05) is 32.8 Å². The number of carbonyl (C=O) groups excluding carboxylic acids is 2. The molecule has 0 aromatic heterocycles. The van der Waals surface area contributed by atoms with Gasteiger partial charge < -0.3 is 9.47 Å². The van der Waals surface area contributed by atoms with E-state index in [0.717, 1.165) is 38.8 Å². The first-order valence-electron chi connectivity index (χ1n) is 7.22. The molecular formula is C14H25NO4. The maximum Gasteiger partial charge on any atom is 0.320 e. The summed E-state index contributed by atoms with van der Waals surface area (Å²) in [6, 6.07) is 0. The lowest BCUT2D eigenvalue weighted by Gasteiger charge is -2.29. The van der Waals surface area contributed by atoms with Gasteiger partial charge in [0.25, 0.3) is 0 Å². The third-order valence-corrected chi connectivity index (χ3v) is 3.32. The molecular weight excluding hydrogens is 246 g/mol. The molecule has 0 saturated carbocycles. The van der Waals surface area contributed by atoms with Gasteiger partial charge in [-0.2, -0.15) is 0 Å². The lowest BCUT2D eigenvalue weighted by molar-refractivity contribution is -0.150. The number of hydrogen-bond acceptors (Lipinski definition) is 5. The second-order valence-corrected chi connectivity index (χ2v) is 4.88. The highest BCUT2D eigenvalue weighted by Gasteiger charge is 2.27. The zero-order valence-corrected chi connectivity index (χ0v) is 12.0. The molecule has 0 amide bonds. The van der Waals surface area contributed by atoms with Gasteiger partial charge in [-0.05, 0) is 39.3 Å². The minimum Gasteiger partial charge on any atom is -0.465 e. The molecule has 110 valence electrons. The van der Waals surface area contributed by atoms with E-state index in [1.165, 1.54) is 0 Å². The molecule has 0 aliphatic carbocycles. The fraction of sp³-hybridized carbons (Fsp3) is 0.857. The second kappa shape index (κ2) is 8.91. The van der Waals surface area contributed by atoms with Gasteiger partial charge in [0.05, 0.1) is 25.7 Å². The van der Waals surface area contributed by atoms with Crippen LogP contribution >= 0.6 is 0 Å². The fourth-order valence-corrected chi connectivity index (χ4v) is 2.15. The molecule has 0 aromatic carbocycles. The molecule has 1 heterocycles. The largest absolute Gasteiger partial charge is 0.465 e. The third kappa shape index (κ3) is 6.05. The minimum absolute atomic E-state index is 0.00435. The van der Waals surface area contributed by atoms with Crippen molar-refractivity contribution in [3.05, 3.63) is 0 Å². The lowest BCUT2D eigenvalue weighted by Crippen LogP contribution is -2.40. The Balaban J connectivity index is 2.21. The summed E-state index contributed by atoms with van der Waals surface area (Å²) < 4.78 is 10.1. The Morgan fingerprint density at radius 3 is 2.42 bits per heavy atom. The average Bonchev–Trinajstić information content (AvgIpc) is 2.40. The van der Waals surface area contributed by atoms with Crippen molar-refractivity contribution in [1.29, 1.82) is 0 Å². The standard InChI is InChI=1S/C14H25NO4/c1-3-5-10-19-14(17)12-6-8-15(9-7-12)11-13(16)18-4-2/h12H,3-11H2,1-2H3. The number of hydrogen-bond donors (Lipinski definition) is 0. The molecule has 0 bridgehead atoms. The molecule has 1 fully saturated rings. The van der Waals surface area contributed by atoms with Crippen molar-refractivity contribution in [2.24, 2.45) is 5.92 Å². The van der Waals surface area contributed by atoms with E-state index in [1.807, 2.05) is 4.90 Å². The van der Waals surface area contributed by atoms with Crippen LogP contribution in [-0.2, 0) is 19.1 Å². The molecule has 0 aromatic rings. The van der Waals surface area contributed by atoms with Crippen LogP contribution in [0.2, 0.25) is 0 Å². The highest BCUT2D eigenvalue weighted by Crippen LogP contribution is 2.18. The summed E-state index contributed by atoms with van der Waals surface area (Å²) in [7, 11) is 0. The summed E-state index contributed by atoms with van der Waals surface area (Å²) >= 11 is 0. The highest BCUT2D eigenvalue weighted by atomic mass is 16.5. The van der Waals surface area contributed by atoms with E-state index in [9.17, 15) is 9.59 Å². The molecule has 5 heteroatoms. The Hall–Kier alpha value is -1.10. The van der Waals surface area contributed by atoms with E-state index in [4.69, 9.17) is 9.47 Å². The summed E-state index contributed by atoms with van der Waals surface area (Å²) in [5.74, 6) is -0.272. The maximum atomic E-state index is 11.8. The van der Waals surface area contributed by atoms with Crippen LogP contribution < -0.4 is 0 Å². The summed E-state index contributed by atoms with van der Waals surface area (Å²) in [5, 5.41) is 0. The van der Waals surface area contributed by atoms with Crippen LogP contribution in [0.3, 0.4) is 0 Å². The van der Waals surface area contributed by atoms with E-state index < -0.39 is 0 Å². The zero-order valence-electron chi connectivity index (χ0n) is 12.0. The lowest BCUT2D eigenvalue weighted by atomic mass is 9.97. The monoisotopic (exact) mass is 271 g/mol. The molecule has 1 aliphatic heterocycles. The van der Waals surface area contributed by atoms with Gasteiger partial charge in [-0.1, -0.05) is 13.3 Å². The third-order valence-electron chi connectivity index (χ3n) is 3.32. The molecule has 0 radical (unpaired) electrons. The molecule has 0 unspecified atom stereocenters. The van der Waals surface area contributed by atoms with Crippen molar-refractivity contribution >= 4 is 11.9 Å². The summed E-state index contributed by atoms with van der Waals surface area (Å²) in [6.07, 6.45) is 3.49. The van der Waals surface area contributed by atoms with E-state index in [0.29, 0.717) is 19.8 Å². The van der Waals surface area contributed by atoms with Crippen molar-refractivity contribution in [2.45, 2.75) is 39.5 Å². The molecule has 0 N–H and O–H groups in total. The van der Waals surface area contributed by atoms with Gasteiger partial charge in [0.15, 0.2) is 0 Å². The van der Waals surface area contributed by atoms with Gasteiger partial charge in [-0.3, -0.25) is 14.5 Å². The number of unbranched alkanes of at least 4 members (excludes halogenated alkanes) is 1. The van der Waals surface area contributed by atoms with Crippen LogP contribution in [0, 0.1) is 5.92 Å². The highest BCUT2D eigenvalue weighted by molar-refractivity contribution is 5.73. The Labute approximate surface area is 115 Å². The number of rotatable bonds is 7. The molecule has 19 heavy (non-hydrogen) atoms. The summed E-state index contributed by atoms with van der Waals surface area (Å²) in [6.45, 7) is 6.65. The quantitative estimate of drug-likeness (QED) is 0.520. The maximum absolute atomic E-state index is 11.8. The van der Waals surface area contributed by atoms with Gasteiger partial charge in [-0.15, -0.1) is 0 Å². The predicted octanol–water partition coefficient (Wildman–Crippen LogP) is 1.60. The smallest absolute Gasteiger partial charge is 0.320 e. The Morgan fingerprint density at radius 1 is 1.16 bits per heavy atom. The fourth-order valence-electron chi connectivity index (χ4n) is 2.15. The molecule has 0 spiro atoms. The van der Waals surface area contributed by atoms with E-state index in [-0.39, 0.29) is 17.9 Å². The van der Waals surface area contributed by atoms with E-state index >= 15 is 0 Å². The van der Waals surface area contributed by atoms with Gasteiger partial charge in [0, 0.05) is 0 Å². The van der Waals surface area contributed by atoms with Crippen molar-refractivity contribution in [1.82, 2.24) is 4.90 Å². The van der Waals surface area contributed by atoms with Crippen LogP contribution in [0.1, 0.15) is 39.5 Å². The topological polar surface area (TPSA) is 55.8 Å². The molecule has 0 atom stereocenters. The summed E-state index contributed by atoms with van der Waals surface area (Å²) in [5.41, 5.74) is 0. The Morgan fingerprint density at radius 2 is 1.84 bits per heavy atom. The first kappa shape index (κ1) is 16.0. The molecule has 1 saturated heterocycles. The van der Waals surface area contributed by atoms with Crippen molar-refractivity contribution in [3.63, 3.8) is 0 Å².